The van der Waals surface area contributed by atoms with Crippen LogP contribution in [0.4, 0.5) is 0 Å². The summed E-state index contributed by atoms with van der Waals surface area (Å²) in [7, 11) is 1.53. The van der Waals surface area contributed by atoms with Crippen LogP contribution in [0.15, 0.2) is 134 Å². The molecule has 0 spiro atoms. The summed E-state index contributed by atoms with van der Waals surface area (Å²) in [5.41, 5.74) is 0. The van der Waals surface area contributed by atoms with E-state index in [9.17, 15) is 19.4 Å². The molecule has 0 aliphatic carbocycles. The van der Waals surface area contributed by atoms with Crippen LogP contribution in [0.1, 0.15) is 271 Å². The van der Waals surface area contributed by atoms with Crippen molar-refractivity contribution in [3.63, 3.8) is 0 Å². The lowest BCUT2D eigenvalue weighted by Gasteiger charge is -2.25. The van der Waals surface area contributed by atoms with E-state index in [1.165, 1.54) is 154 Å². The molecule has 0 aliphatic heterocycles. The van der Waals surface area contributed by atoms with Gasteiger partial charge in [0.05, 0.1) is 39.9 Å². The van der Waals surface area contributed by atoms with Crippen LogP contribution in [0.3, 0.4) is 0 Å². The minimum Gasteiger partial charge on any atom is -0.387 e. The standard InChI is InChI=1S/C73H127N2O6P/c1-6-8-10-12-14-16-18-20-22-24-26-28-30-31-32-33-34-35-36-37-38-39-40-41-42-43-45-47-49-51-53-55-57-59-61-63-65-67-73(77)74-71(70-81-82(78,79)80-69-68-75(3,4)5)72(76)66-64-62-60-58-56-54-52-50-48-46-44-29-27-25-23-21-19-17-15-13-11-9-7-2/h8,10,14,16,20,22,26,28,31-32,34-35,37-38,40-41,48,50,56,58,64,66,71-72,76H,6-7,9,11-13,15,17-19,21,23-25,27,29-30,33,36,39,42-47,49,51-55,57,59-63,65,67-70H2,1-5H3,(H-,74,77,78,79)/p+1/b10-8-,16-14-,22-20-,28-26-,32-31-,35-34-,38-37-,41-40-,50-48+,58-56+,66-64+. The van der Waals surface area contributed by atoms with Crippen LogP contribution in [-0.2, 0) is 18.4 Å². The third kappa shape index (κ3) is 64.2. The number of unbranched alkanes of at least 4 members (excludes halogenated alkanes) is 27. The highest BCUT2D eigenvalue weighted by Gasteiger charge is 2.27. The molecule has 0 rings (SSSR count). The predicted octanol–water partition coefficient (Wildman–Crippen LogP) is 21.4. The highest BCUT2D eigenvalue weighted by molar-refractivity contribution is 7.47. The van der Waals surface area contributed by atoms with Gasteiger partial charge in [-0.25, -0.2) is 4.57 Å². The first-order chi connectivity index (χ1) is 40.0. The van der Waals surface area contributed by atoms with E-state index in [2.05, 4.69) is 141 Å². The Hall–Kier alpha value is -3.36. The average molecular weight is 1160 g/mol. The van der Waals surface area contributed by atoms with E-state index in [0.717, 1.165) is 96.3 Å². The lowest BCUT2D eigenvalue weighted by molar-refractivity contribution is -0.870. The first kappa shape index (κ1) is 78.6. The molecule has 0 aliphatic rings. The van der Waals surface area contributed by atoms with E-state index in [1.54, 1.807) is 6.08 Å². The fourth-order valence-corrected chi connectivity index (χ4v) is 9.89. The monoisotopic (exact) mass is 1160 g/mol. The minimum atomic E-state index is -4.37. The Kier molecular flexibility index (Phi) is 59.6. The van der Waals surface area contributed by atoms with Crippen molar-refractivity contribution in [1.29, 1.82) is 0 Å². The van der Waals surface area contributed by atoms with E-state index in [-0.39, 0.29) is 19.1 Å². The van der Waals surface area contributed by atoms with Gasteiger partial charge in [0.1, 0.15) is 13.2 Å². The van der Waals surface area contributed by atoms with Crippen molar-refractivity contribution in [3.8, 4) is 0 Å². The molecule has 9 heteroatoms. The maximum Gasteiger partial charge on any atom is 0.472 e. The van der Waals surface area contributed by atoms with E-state index in [1.807, 2.05) is 27.2 Å². The van der Waals surface area contributed by atoms with Crippen LogP contribution >= 0.6 is 7.82 Å². The van der Waals surface area contributed by atoms with Crippen LogP contribution in [-0.4, -0.2) is 73.4 Å². The number of hydrogen-bond donors (Lipinski definition) is 3. The van der Waals surface area contributed by atoms with Crippen molar-refractivity contribution >= 4 is 13.7 Å². The first-order valence-corrected chi connectivity index (χ1v) is 35.1. The number of aliphatic hydroxyl groups is 1. The number of hydrogen-bond acceptors (Lipinski definition) is 5. The number of carbonyl (C=O) groups is 1. The number of phosphoric acid groups is 1. The molecule has 3 atom stereocenters. The molecule has 0 aromatic heterocycles. The first-order valence-electron chi connectivity index (χ1n) is 33.6. The largest absolute Gasteiger partial charge is 0.472 e. The Morgan fingerprint density at radius 3 is 1.12 bits per heavy atom. The van der Waals surface area contributed by atoms with Gasteiger partial charge >= 0.3 is 7.82 Å². The van der Waals surface area contributed by atoms with Crippen molar-refractivity contribution in [2.24, 2.45) is 0 Å². The van der Waals surface area contributed by atoms with Gasteiger partial charge in [-0.2, -0.15) is 0 Å². The third-order valence-electron chi connectivity index (χ3n) is 14.3. The van der Waals surface area contributed by atoms with Crippen molar-refractivity contribution in [2.45, 2.75) is 283 Å². The zero-order chi connectivity index (χ0) is 59.8. The minimum absolute atomic E-state index is 0.0475. The van der Waals surface area contributed by atoms with Crippen LogP contribution in [0.2, 0.25) is 0 Å². The molecule has 0 aromatic carbocycles. The summed E-state index contributed by atoms with van der Waals surface area (Å²) in [6, 6.07) is -0.881. The molecule has 3 N–H and O–H groups in total. The predicted molar refractivity (Wildman–Crippen MR) is 359 cm³/mol. The van der Waals surface area contributed by atoms with Crippen molar-refractivity contribution in [3.05, 3.63) is 134 Å². The molecule has 0 heterocycles. The molecular weight excluding hydrogens is 1030 g/mol. The molecule has 470 valence electrons. The number of nitrogens with zero attached hydrogens (tertiary/aromatic N) is 1. The number of likely N-dealkylation sites (N-methyl/N-ethyl adjacent to an activating group) is 1. The molecule has 0 fully saturated rings. The SMILES string of the molecule is CC/C=C\C/C=C\C/C=C\C/C=C\C/C=C\C/C=C\C/C=C\C/C=C\CCCCCCCCCCCCCCC(=O)NC(COP(=O)(O)OCC[N+](C)(C)C)C(O)/C=C/CC/C=C/CC/C=C/CCCCCCCCCCCCCCC. The Morgan fingerprint density at radius 1 is 0.427 bits per heavy atom. The molecule has 8 nitrogen and oxygen atoms in total. The number of phosphoric ester groups is 1. The number of nitrogens with one attached hydrogen (secondary N) is 1. The fourth-order valence-electron chi connectivity index (χ4n) is 9.15. The number of quaternary nitrogens is 1. The molecule has 0 saturated carbocycles. The van der Waals surface area contributed by atoms with Crippen LogP contribution < -0.4 is 5.32 Å². The highest BCUT2D eigenvalue weighted by Crippen LogP contribution is 2.43. The van der Waals surface area contributed by atoms with Gasteiger partial charge in [-0.3, -0.25) is 13.8 Å². The van der Waals surface area contributed by atoms with E-state index in [0.29, 0.717) is 17.4 Å². The summed E-state index contributed by atoms with van der Waals surface area (Å²) in [5, 5.41) is 14.0. The lowest BCUT2D eigenvalue weighted by Crippen LogP contribution is -2.45. The summed E-state index contributed by atoms with van der Waals surface area (Å²) in [6.45, 7) is 4.68. The normalized spacial score (nSPS) is 14.6. The quantitative estimate of drug-likeness (QED) is 0.0243. The van der Waals surface area contributed by atoms with Gasteiger partial charge in [-0.15, -0.1) is 0 Å². The lowest BCUT2D eigenvalue weighted by atomic mass is 10.0. The van der Waals surface area contributed by atoms with Gasteiger partial charge in [0.15, 0.2) is 0 Å². The number of allylic oxidation sites excluding steroid dienone is 21. The van der Waals surface area contributed by atoms with E-state index < -0.39 is 20.0 Å². The molecule has 0 saturated heterocycles. The molecular formula is C73H128N2O6P+. The van der Waals surface area contributed by atoms with Gasteiger partial charge in [-0.1, -0.05) is 289 Å². The Balaban J connectivity index is 4.18. The van der Waals surface area contributed by atoms with Gasteiger partial charge < -0.3 is 19.8 Å². The fraction of sp³-hybridized carbons (Fsp3) is 0.685. The second kappa shape index (κ2) is 62.2. The van der Waals surface area contributed by atoms with Gasteiger partial charge in [-0.05, 0) is 109 Å². The molecule has 82 heavy (non-hydrogen) atoms. The van der Waals surface area contributed by atoms with Crippen molar-refractivity contribution in [1.82, 2.24) is 5.32 Å². The van der Waals surface area contributed by atoms with Crippen LogP contribution in [0.25, 0.3) is 0 Å². The van der Waals surface area contributed by atoms with Crippen LogP contribution in [0, 0.1) is 0 Å². The van der Waals surface area contributed by atoms with Crippen LogP contribution in [0.5, 0.6) is 0 Å². The third-order valence-corrected chi connectivity index (χ3v) is 15.3. The topological polar surface area (TPSA) is 105 Å². The van der Waals surface area contributed by atoms with Crippen molar-refractivity contribution in [2.75, 3.05) is 40.9 Å². The second-order valence-electron chi connectivity index (χ2n) is 23.4. The zero-order valence-electron chi connectivity index (χ0n) is 53.7. The van der Waals surface area contributed by atoms with Crippen molar-refractivity contribution < 1.29 is 32.9 Å². The number of carbonyl (C=O) groups excluding carboxylic acids is 1. The molecule has 0 aromatic rings. The number of amides is 1. The zero-order valence-corrected chi connectivity index (χ0v) is 54.6. The summed E-state index contributed by atoms with van der Waals surface area (Å²) >= 11 is 0. The Labute approximate surface area is 506 Å². The van der Waals surface area contributed by atoms with Gasteiger partial charge in [0.2, 0.25) is 5.91 Å². The van der Waals surface area contributed by atoms with Gasteiger partial charge in [0.25, 0.3) is 0 Å². The summed E-state index contributed by atoms with van der Waals surface area (Å²) in [5.74, 6) is -0.197. The van der Waals surface area contributed by atoms with E-state index >= 15 is 0 Å². The highest BCUT2D eigenvalue weighted by atomic mass is 31.2. The maximum absolute atomic E-state index is 13.0. The Morgan fingerprint density at radius 2 is 0.744 bits per heavy atom. The number of rotatable bonds is 60. The Bertz CT molecular complexity index is 1800. The summed E-state index contributed by atoms with van der Waals surface area (Å²) < 4.78 is 23.8. The summed E-state index contributed by atoms with van der Waals surface area (Å²) in [6.07, 6.45) is 94.4. The molecule has 3 unspecified atom stereocenters. The molecule has 0 radical (unpaired) electrons. The average Bonchev–Trinajstić information content (AvgIpc) is 3.47. The smallest absolute Gasteiger partial charge is 0.387 e. The van der Waals surface area contributed by atoms with Gasteiger partial charge in [0, 0.05) is 6.42 Å². The summed E-state index contributed by atoms with van der Waals surface area (Å²) in [4.78, 5) is 23.4. The molecule has 1 amide bonds. The number of aliphatic hydroxyl groups excluding tert-OH is 1. The second-order valence-corrected chi connectivity index (χ2v) is 24.9. The maximum atomic E-state index is 13.0. The molecule has 0 bridgehead atoms. The van der Waals surface area contributed by atoms with E-state index in [4.69, 9.17) is 9.05 Å².